The molecule has 1 atom stereocenters. The zero-order valence-corrected chi connectivity index (χ0v) is 16.1. The predicted octanol–water partition coefficient (Wildman–Crippen LogP) is 0.966. The van der Waals surface area contributed by atoms with Crippen LogP contribution in [0.15, 0.2) is 16.6 Å². The minimum Gasteiger partial charge on any atom is -0.503 e. The zero-order chi connectivity index (χ0) is 18.8. The van der Waals surface area contributed by atoms with Gasteiger partial charge in [-0.05, 0) is 34.5 Å². The molecule has 1 aliphatic heterocycles. The van der Waals surface area contributed by atoms with Crippen LogP contribution in [-0.4, -0.2) is 68.6 Å². The van der Waals surface area contributed by atoms with Crippen molar-refractivity contribution in [3.05, 3.63) is 22.2 Å². The number of ether oxygens (including phenoxy) is 2. The van der Waals surface area contributed by atoms with Crippen LogP contribution in [0.1, 0.15) is 16.8 Å². The van der Waals surface area contributed by atoms with E-state index in [1.807, 2.05) is 0 Å². The van der Waals surface area contributed by atoms with Crippen molar-refractivity contribution in [2.45, 2.75) is 12.5 Å². The van der Waals surface area contributed by atoms with Crippen LogP contribution >= 0.6 is 15.9 Å². The molecular formula is C15H18BrNO7S. The van der Waals surface area contributed by atoms with Crippen LogP contribution in [0.2, 0.25) is 0 Å². The molecule has 1 aromatic carbocycles. The van der Waals surface area contributed by atoms with Gasteiger partial charge < -0.3 is 19.5 Å². The summed E-state index contributed by atoms with van der Waals surface area (Å²) >= 11 is 3.09. The van der Waals surface area contributed by atoms with E-state index in [4.69, 9.17) is 9.47 Å². The van der Waals surface area contributed by atoms with E-state index < -0.39 is 34.4 Å². The summed E-state index contributed by atoms with van der Waals surface area (Å²) in [5.41, 5.74) is 0.0976. The van der Waals surface area contributed by atoms with Crippen molar-refractivity contribution in [2.75, 3.05) is 32.3 Å². The summed E-state index contributed by atoms with van der Waals surface area (Å²) in [6.45, 7) is -0.507. The summed E-state index contributed by atoms with van der Waals surface area (Å²) in [5, 5.41) is 9.72. The monoisotopic (exact) mass is 435 g/mol. The molecule has 8 nitrogen and oxygen atoms in total. The Kier molecular flexibility index (Phi) is 5.94. The van der Waals surface area contributed by atoms with Gasteiger partial charge in [-0.15, -0.1) is 0 Å². The zero-order valence-electron chi connectivity index (χ0n) is 13.7. The molecule has 0 radical (unpaired) electrons. The normalized spacial score (nSPS) is 18.6. The number of hydrogen-bond donors (Lipinski definition) is 1. The van der Waals surface area contributed by atoms with E-state index in [1.165, 1.54) is 31.2 Å². The van der Waals surface area contributed by atoms with Crippen LogP contribution in [0.3, 0.4) is 0 Å². The van der Waals surface area contributed by atoms with Crippen molar-refractivity contribution in [3.8, 4) is 11.5 Å². The number of halogens is 1. The number of carbonyl (C=O) groups is 2. The minimum absolute atomic E-state index is 0.0520. The second-order valence-corrected chi connectivity index (χ2v) is 8.73. The third-order valence-corrected chi connectivity index (χ3v) is 6.32. The Bertz CT molecular complexity index is 793. The van der Waals surface area contributed by atoms with Gasteiger partial charge in [-0.1, -0.05) is 0 Å². The average Bonchev–Trinajstić information content (AvgIpc) is 2.93. The number of carbonyl (C=O) groups excluding carboxylic acids is 2. The van der Waals surface area contributed by atoms with Crippen LogP contribution in [0.5, 0.6) is 11.5 Å². The van der Waals surface area contributed by atoms with Gasteiger partial charge in [0.05, 0.1) is 28.7 Å². The van der Waals surface area contributed by atoms with Crippen LogP contribution in [-0.2, 0) is 19.4 Å². The molecule has 0 bridgehead atoms. The maximum absolute atomic E-state index is 12.1. The number of hydrogen-bond acceptors (Lipinski definition) is 7. The number of phenolic OH excluding ortho intramolecular Hbond substituents is 1. The number of aromatic hydroxyl groups is 1. The lowest BCUT2D eigenvalue weighted by Crippen LogP contribution is -2.40. The van der Waals surface area contributed by atoms with Crippen LogP contribution in [0.25, 0.3) is 0 Å². The lowest BCUT2D eigenvalue weighted by atomic mass is 10.2. The largest absolute Gasteiger partial charge is 0.503 e. The first-order valence-corrected chi connectivity index (χ1v) is 9.95. The summed E-state index contributed by atoms with van der Waals surface area (Å²) in [4.78, 5) is 25.5. The van der Waals surface area contributed by atoms with Crippen LogP contribution < -0.4 is 4.74 Å². The Balaban J connectivity index is 1.98. The van der Waals surface area contributed by atoms with E-state index in [0.717, 1.165) is 0 Å². The number of amides is 1. The summed E-state index contributed by atoms with van der Waals surface area (Å²) in [6, 6.07) is 2.23. The highest BCUT2D eigenvalue weighted by Crippen LogP contribution is 2.35. The summed E-state index contributed by atoms with van der Waals surface area (Å²) < 4.78 is 33.1. The molecule has 1 heterocycles. The molecule has 1 N–H and O–H groups in total. The summed E-state index contributed by atoms with van der Waals surface area (Å²) in [7, 11) is -0.283. The van der Waals surface area contributed by atoms with Crippen LogP contribution in [0.4, 0.5) is 0 Å². The Morgan fingerprint density at radius 2 is 2.08 bits per heavy atom. The first-order valence-electron chi connectivity index (χ1n) is 7.34. The summed E-state index contributed by atoms with van der Waals surface area (Å²) in [6.07, 6.45) is 0.376. The number of methoxy groups -OCH3 is 1. The molecule has 1 amide bonds. The molecule has 25 heavy (non-hydrogen) atoms. The number of phenols is 1. The molecule has 1 saturated heterocycles. The highest BCUT2D eigenvalue weighted by atomic mass is 79.9. The SMILES string of the molecule is COc1cc(C(=O)OCC(=O)N(C)[C@H]2CCS(=O)(=O)C2)cc(Br)c1O. The van der Waals surface area contributed by atoms with E-state index in [1.54, 1.807) is 0 Å². The molecule has 0 aromatic heterocycles. The lowest BCUT2D eigenvalue weighted by molar-refractivity contribution is -0.134. The van der Waals surface area contributed by atoms with Crippen molar-refractivity contribution < 1.29 is 32.6 Å². The second-order valence-electron chi connectivity index (χ2n) is 5.65. The Labute approximate surface area is 153 Å². The van der Waals surface area contributed by atoms with Gasteiger partial charge in [0.15, 0.2) is 27.9 Å². The molecule has 138 valence electrons. The molecule has 0 spiro atoms. The second kappa shape index (κ2) is 7.61. The number of nitrogens with zero attached hydrogens (tertiary/aromatic N) is 1. The van der Waals surface area contributed by atoms with Gasteiger partial charge >= 0.3 is 5.97 Å². The highest BCUT2D eigenvalue weighted by molar-refractivity contribution is 9.10. The van der Waals surface area contributed by atoms with Crippen molar-refractivity contribution >= 4 is 37.6 Å². The molecule has 1 fully saturated rings. The lowest BCUT2D eigenvalue weighted by Gasteiger charge is -2.23. The first-order chi connectivity index (χ1) is 11.6. The van der Waals surface area contributed by atoms with E-state index >= 15 is 0 Å². The molecule has 0 aliphatic carbocycles. The van der Waals surface area contributed by atoms with Gasteiger partial charge in [-0.25, -0.2) is 13.2 Å². The molecular weight excluding hydrogens is 418 g/mol. The van der Waals surface area contributed by atoms with E-state index in [9.17, 15) is 23.1 Å². The van der Waals surface area contributed by atoms with E-state index in [0.29, 0.717) is 6.42 Å². The van der Waals surface area contributed by atoms with Gasteiger partial charge in [-0.2, -0.15) is 0 Å². The molecule has 1 aromatic rings. The van der Waals surface area contributed by atoms with Crippen molar-refractivity contribution in [2.24, 2.45) is 0 Å². The first kappa shape index (κ1) is 19.5. The van der Waals surface area contributed by atoms with Gasteiger partial charge in [0.2, 0.25) is 0 Å². The topological polar surface area (TPSA) is 110 Å². The fraction of sp³-hybridized carbons (Fsp3) is 0.467. The molecule has 10 heteroatoms. The fourth-order valence-corrected chi connectivity index (χ4v) is 4.66. The highest BCUT2D eigenvalue weighted by Gasteiger charge is 2.33. The standard InChI is InChI=1S/C15H18BrNO7S/c1-17(10-3-4-25(21,22)8-10)13(18)7-24-15(20)9-5-11(16)14(19)12(6-9)23-2/h5-6,10,19H,3-4,7-8H2,1-2H3/t10-/m0/s1. The quantitative estimate of drug-likeness (QED) is 0.685. The molecule has 0 unspecified atom stereocenters. The number of esters is 1. The smallest absolute Gasteiger partial charge is 0.338 e. The Hall–Kier alpha value is -1.81. The maximum Gasteiger partial charge on any atom is 0.338 e. The number of benzene rings is 1. The Morgan fingerprint density at radius 1 is 1.40 bits per heavy atom. The van der Waals surface area contributed by atoms with Crippen molar-refractivity contribution in [3.63, 3.8) is 0 Å². The molecule has 0 saturated carbocycles. The average molecular weight is 436 g/mol. The van der Waals surface area contributed by atoms with Gasteiger partial charge in [0.1, 0.15) is 0 Å². The number of rotatable bonds is 5. The van der Waals surface area contributed by atoms with E-state index in [2.05, 4.69) is 15.9 Å². The fourth-order valence-electron chi connectivity index (χ4n) is 2.44. The molecule has 2 rings (SSSR count). The van der Waals surface area contributed by atoms with Crippen LogP contribution in [0, 0.1) is 0 Å². The molecule has 1 aliphatic rings. The third-order valence-electron chi connectivity index (χ3n) is 3.96. The Morgan fingerprint density at radius 3 is 2.64 bits per heavy atom. The third kappa shape index (κ3) is 4.63. The van der Waals surface area contributed by atoms with Gasteiger partial charge in [0, 0.05) is 13.1 Å². The van der Waals surface area contributed by atoms with Crippen molar-refractivity contribution in [1.29, 1.82) is 0 Å². The van der Waals surface area contributed by atoms with E-state index in [-0.39, 0.29) is 33.0 Å². The minimum atomic E-state index is -3.11. The summed E-state index contributed by atoms with van der Waals surface area (Å²) in [5.74, 6) is -1.35. The number of sulfone groups is 1. The van der Waals surface area contributed by atoms with Gasteiger partial charge in [-0.3, -0.25) is 4.79 Å². The van der Waals surface area contributed by atoms with Gasteiger partial charge in [0.25, 0.3) is 5.91 Å². The number of likely N-dealkylation sites (N-methyl/N-ethyl adjacent to an activating group) is 1. The van der Waals surface area contributed by atoms with Crippen molar-refractivity contribution in [1.82, 2.24) is 4.90 Å². The predicted molar refractivity (Wildman–Crippen MR) is 92.5 cm³/mol. The maximum atomic E-state index is 12.1.